The topological polar surface area (TPSA) is 12.4 Å². The normalized spacial score (nSPS) is 12.5. The van der Waals surface area contributed by atoms with Gasteiger partial charge < -0.3 is 0 Å². The zero-order valence-corrected chi connectivity index (χ0v) is 6.88. The molecule has 0 saturated heterocycles. The highest BCUT2D eigenvalue weighted by atomic mass is 14.6. The lowest BCUT2D eigenvalue weighted by Gasteiger charge is -1.98. The van der Waals surface area contributed by atoms with Crippen molar-refractivity contribution in [3.63, 3.8) is 0 Å². The molecule has 0 aliphatic heterocycles. The zero-order valence-electron chi connectivity index (χ0n) is 6.88. The van der Waals surface area contributed by atoms with Crippen molar-refractivity contribution >= 4 is 6.72 Å². The van der Waals surface area contributed by atoms with Crippen molar-refractivity contribution in [3.8, 4) is 0 Å². The molecule has 0 aromatic heterocycles. The number of hydrogen-bond acceptors (Lipinski definition) is 1. The molecule has 0 rings (SSSR count). The van der Waals surface area contributed by atoms with E-state index in [0.717, 1.165) is 11.1 Å². The first kappa shape index (κ1) is 9.63. The lowest BCUT2D eigenvalue weighted by Crippen LogP contribution is -1.79. The van der Waals surface area contributed by atoms with E-state index in [2.05, 4.69) is 24.9 Å². The molecular formula is C10H13N. The number of nitrogens with zero attached hydrogens (tertiary/aromatic N) is 1. The van der Waals surface area contributed by atoms with Crippen LogP contribution < -0.4 is 0 Å². The Hall–Kier alpha value is -1.37. The molecule has 1 heteroatoms. The van der Waals surface area contributed by atoms with E-state index >= 15 is 0 Å². The molecule has 0 amide bonds. The summed E-state index contributed by atoms with van der Waals surface area (Å²) in [5.41, 5.74) is 1.96. The molecule has 11 heavy (non-hydrogen) atoms. The fraction of sp³-hybridized carbons (Fsp3) is 0.100. The Bertz CT molecular complexity index is 219. The second-order valence-corrected chi connectivity index (χ2v) is 1.92. The quantitative estimate of drug-likeness (QED) is 0.428. The van der Waals surface area contributed by atoms with E-state index in [9.17, 15) is 0 Å². The van der Waals surface area contributed by atoms with E-state index in [4.69, 9.17) is 0 Å². The van der Waals surface area contributed by atoms with Gasteiger partial charge in [-0.2, -0.15) is 0 Å². The third-order valence-corrected chi connectivity index (χ3v) is 1.31. The lowest BCUT2D eigenvalue weighted by atomic mass is 10.1. The molecule has 1 nitrogen and oxygen atoms in total. The molecule has 0 unspecified atom stereocenters. The highest BCUT2D eigenvalue weighted by Crippen LogP contribution is 2.11. The third-order valence-electron chi connectivity index (χ3n) is 1.31. The first-order chi connectivity index (χ1) is 5.29. The van der Waals surface area contributed by atoms with Crippen LogP contribution in [0.3, 0.4) is 0 Å². The zero-order chi connectivity index (χ0) is 8.69. The summed E-state index contributed by atoms with van der Waals surface area (Å²) in [4.78, 5) is 3.65. The third kappa shape index (κ3) is 2.80. The first-order valence-corrected chi connectivity index (χ1v) is 3.37. The maximum Gasteiger partial charge on any atom is 0.0338 e. The highest BCUT2D eigenvalue weighted by molar-refractivity contribution is 5.45. The molecule has 0 aromatic carbocycles. The van der Waals surface area contributed by atoms with Crippen molar-refractivity contribution < 1.29 is 0 Å². The van der Waals surface area contributed by atoms with Gasteiger partial charge in [0.25, 0.3) is 0 Å². The monoisotopic (exact) mass is 147 g/mol. The van der Waals surface area contributed by atoms with Gasteiger partial charge in [-0.1, -0.05) is 31.4 Å². The molecule has 0 saturated carbocycles. The summed E-state index contributed by atoms with van der Waals surface area (Å²) < 4.78 is 0. The van der Waals surface area contributed by atoms with Gasteiger partial charge in [-0.25, -0.2) is 0 Å². The van der Waals surface area contributed by atoms with Gasteiger partial charge in [0.15, 0.2) is 0 Å². The summed E-state index contributed by atoms with van der Waals surface area (Å²) >= 11 is 0. The Kier molecular flexibility index (Phi) is 4.74. The SMILES string of the molecule is C=CC(=CC)C(C=C)=CN=C. The minimum absolute atomic E-state index is 0.942. The van der Waals surface area contributed by atoms with Gasteiger partial charge in [-0.15, -0.1) is 0 Å². The molecule has 0 N–H and O–H groups in total. The molecule has 0 aromatic rings. The molecule has 0 fully saturated rings. The van der Waals surface area contributed by atoms with Crippen LogP contribution in [0, 0.1) is 0 Å². The molecule has 0 atom stereocenters. The van der Waals surface area contributed by atoms with Gasteiger partial charge >= 0.3 is 0 Å². The van der Waals surface area contributed by atoms with Crippen LogP contribution in [0.4, 0.5) is 0 Å². The van der Waals surface area contributed by atoms with E-state index in [1.54, 1.807) is 18.4 Å². The van der Waals surface area contributed by atoms with Crippen molar-refractivity contribution in [3.05, 3.63) is 48.7 Å². The highest BCUT2D eigenvalue weighted by Gasteiger charge is 1.92. The molecule has 0 radical (unpaired) electrons. The number of aliphatic imine (C=N–C) groups is 1. The van der Waals surface area contributed by atoms with E-state index in [1.165, 1.54) is 0 Å². The average molecular weight is 147 g/mol. The maximum absolute atomic E-state index is 3.66. The summed E-state index contributed by atoms with van der Waals surface area (Å²) in [6.07, 6.45) is 7.10. The summed E-state index contributed by atoms with van der Waals surface area (Å²) in [7, 11) is 0. The van der Waals surface area contributed by atoms with Gasteiger partial charge in [0, 0.05) is 6.20 Å². The molecule has 0 bridgehead atoms. The van der Waals surface area contributed by atoms with Gasteiger partial charge in [-0.3, -0.25) is 4.99 Å². The van der Waals surface area contributed by atoms with Crippen molar-refractivity contribution in [1.82, 2.24) is 0 Å². The predicted octanol–water partition coefficient (Wildman–Crippen LogP) is 2.89. The summed E-state index contributed by atoms with van der Waals surface area (Å²) in [5.74, 6) is 0. The Labute approximate surface area is 68.2 Å². The molecule has 0 spiro atoms. The maximum atomic E-state index is 3.66. The fourth-order valence-corrected chi connectivity index (χ4v) is 0.746. The molecule has 0 aliphatic carbocycles. The predicted molar refractivity (Wildman–Crippen MR) is 51.8 cm³/mol. The Morgan fingerprint density at radius 1 is 1.18 bits per heavy atom. The standard InChI is InChI=1S/C10H13N/c1-5-9(6-2)10(7-3)8-11-4/h5-8H,1,3-4H2,2H3. The van der Waals surface area contributed by atoms with E-state index in [-0.39, 0.29) is 0 Å². The summed E-state index contributed by atoms with van der Waals surface area (Å²) in [5, 5.41) is 0. The Balaban J connectivity index is 4.75. The van der Waals surface area contributed by atoms with Crippen LogP contribution in [0.2, 0.25) is 0 Å². The second kappa shape index (κ2) is 5.42. The van der Waals surface area contributed by atoms with Crippen LogP contribution in [0.1, 0.15) is 6.92 Å². The molecular weight excluding hydrogens is 134 g/mol. The van der Waals surface area contributed by atoms with Crippen LogP contribution in [0.15, 0.2) is 53.7 Å². The van der Waals surface area contributed by atoms with Gasteiger partial charge in [0.2, 0.25) is 0 Å². The lowest BCUT2D eigenvalue weighted by molar-refractivity contribution is 1.45. The van der Waals surface area contributed by atoms with Crippen LogP contribution in [0.5, 0.6) is 0 Å². The largest absolute Gasteiger partial charge is 0.272 e. The Morgan fingerprint density at radius 2 is 1.73 bits per heavy atom. The number of hydrogen-bond donors (Lipinski definition) is 0. The van der Waals surface area contributed by atoms with Crippen LogP contribution >= 0.6 is 0 Å². The van der Waals surface area contributed by atoms with Crippen molar-refractivity contribution in [2.45, 2.75) is 6.92 Å². The minimum atomic E-state index is 0.942. The molecule has 0 aliphatic rings. The smallest absolute Gasteiger partial charge is 0.0338 e. The van der Waals surface area contributed by atoms with Gasteiger partial charge in [-0.05, 0) is 24.8 Å². The molecule has 0 heterocycles. The summed E-state index contributed by atoms with van der Waals surface area (Å²) in [6, 6.07) is 0. The van der Waals surface area contributed by atoms with Crippen molar-refractivity contribution in [2.75, 3.05) is 0 Å². The number of allylic oxidation sites excluding steroid dienone is 5. The first-order valence-electron chi connectivity index (χ1n) is 3.37. The summed E-state index contributed by atoms with van der Waals surface area (Å²) in [6.45, 7) is 12.6. The van der Waals surface area contributed by atoms with Crippen LogP contribution in [-0.4, -0.2) is 6.72 Å². The van der Waals surface area contributed by atoms with Crippen molar-refractivity contribution in [2.24, 2.45) is 4.99 Å². The van der Waals surface area contributed by atoms with E-state index in [1.807, 2.05) is 13.0 Å². The number of rotatable bonds is 4. The van der Waals surface area contributed by atoms with Crippen LogP contribution in [-0.2, 0) is 0 Å². The van der Waals surface area contributed by atoms with E-state index in [0.29, 0.717) is 0 Å². The van der Waals surface area contributed by atoms with E-state index < -0.39 is 0 Å². The van der Waals surface area contributed by atoms with Gasteiger partial charge in [0.1, 0.15) is 0 Å². The van der Waals surface area contributed by atoms with Gasteiger partial charge in [0.05, 0.1) is 0 Å². The minimum Gasteiger partial charge on any atom is -0.272 e. The average Bonchev–Trinajstić information content (AvgIpc) is 2.05. The van der Waals surface area contributed by atoms with Crippen molar-refractivity contribution in [1.29, 1.82) is 0 Å². The molecule has 58 valence electrons. The van der Waals surface area contributed by atoms with Crippen LogP contribution in [0.25, 0.3) is 0 Å². The second-order valence-electron chi connectivity index (χ2n) is 1.92. The Morgan fingerprint density at radius 3 is 2.00 bits per heavy atom. The fourth-order valence-electron chi connectivity index (χ4n) is 0.746.